The van der Waals surface area contributed by atoms with Gasteiger partial charge in [-0.15, -0.1) is 0 Å². The zero-order chi connectivity index (χ0) is 55.7. The Morgan fingerprint density at radius 1 is 0.430 bits per heavy atom. The topological polar surface area (TPSA) is 9.72 Å². The van der Waals surface area contributed by atoms with Crippen molar-refractivity contribution in [1.82, 2.24) is 0 Å². The van der Waals surface area contributed by atoms with Crippen LogP contribution < -0.4 is 31.1 Å². The summed E-state index contributed by atoms with van der Waals surface area (Å²) < 4.78 is 0. The molecule has 13 rings (SSSR count). The summed E-state index contributed by atoms with van der Waals surface area (Å²) in [7, 11) is 0. The molecule has 8 aromatic rings. The first-order chi connectivity index (χ1) is 37.2. The molecule has 0 N–H and O–H groups in total. The van der Waals surface area contributed by atoms with Crippen molar-refractivity contribution >= 4 is 68.6 Å². The summed E-state index contributed by atoms with van der Waals surface area (Å²) >= 11 is 0. The summed E-state index contributed by atoms with van der Waals surface area (Å²) in [6.45, 7) is 38.5. The van der Waals surface area contributed by atoms with Crippen LogP contribution in [0.3, 0.4) is 0 Å². The van der Waals surface area contributed by atoms with E-state index in [0.717, 1.165) is 17.8 Å². The van der Waals surface area contributed by atoms with Gasteiger partial charge in [0, 0.05) is 50.5 Å². The number of nitrogens with zero attached hydrogens (tertiary/aromatic N) is 3. The molecule has 0 aromatic heterocycles. The highest BCUT2D eigenvalue weighted by molar-refractivity contribution is 7.00. The van der Waals surface area contributed by atoms with Gasteiger partial charge in [0.05, 0.1) is 16.9 Å². The Labute approximate surface area is 474 Å². The minimum Gasteiger partial charge on any atom is -0.335 e. The lowest BCUT2D eigenvalue weighted by Crippen LogP contribution is -2.65. The summed E-state index contributed by atoms with van der Waals surface area (Å²) in [5.41, 5.74) is 28.8. The predicted molar refractivity (Wildman–Crippen MR) is 341 cm³/mol. The minimum absolute atomic E-state index is 0.0154. The molecule has 0 amide bonds. The van der Waals surface area contributed by atoms with Crippen LogP contribution in [0.4, 0.5) is 45.5 Å². The molecule has 3 nitrogen and oxygen atoms in total. The smallest absolute Gasteiger partial charge is 0.252 e. The largest absolute Gasteiger partial charge is 0.335 e. The van der Waals surface area contributed by atoms with E-state index in [4.69, 9.17) is 0 Å². The molecule has 400 valence electrons. The Hall–Kier alpha value is -6.78. The van der Waals surface area contributed by atoms with Crippen LogP contribution in [0.1, 0.15) is 175 Å². The van der Waals surface area contributed by atoms with E-state index in [1.165, 1.54) is 125 Å². The lowest BCUT2D eigenvalue weighted by molar-refractivity contribution is 0.195. The third-order valence-corrected chi connectivity index (χ3v) is 20.0. The van der Waals surface area contributed by atoms with Gasteiger partial charge in [0.25, 0.3) is 6.71 Å². The fraction of sp³-hybridized carbons (Fsp3) is 0.360. The molecule has 2 atom stereocenters. The van der Waals surface area contributed by atoms with Crippen LogP contribution in [-0.4, -0.2) is 12.3 Å². The van der Waals surface area contributed by atoms with Crippen LogP contribution in [0.5, 0.6) is 0 Å². The van der Waals surface area contributed by atoms with Crippen LogP contribution in [0.25, 0.3) is 22.3 Å². The van der Waals surface area contributed by atoms with E-state index in [0.29, 0.717) is 0 Å². The molecule has 0 bridgehead atoms. The highest BCUT2D eigenvalue weighted by Crippen LogP contribution is 2.63. The molecule has 0 spiro atoms. The molecule has 1 saturated carbocycles. The summed E-state index contributed by atoms with van der Waals surface area (Å²) in [4.78, 5) is 8.25. The Morgan fingerprint density at radius 2 is 0.987 bits per heavy atom. The first-order valence-electron chi connectivity index (χ1n) is 29.7. The van der Waals surface area contributed by atoms with Gasteiger partial charge in [0.1, 0.15) is 0 Å². The second kappa shape index (κ2) is 17.1. The molecule has 3 heterocycles. The van der Waals surface area contributed by atoms with Gasteiger partial charge in [0.2, 0.25) is 0 Å². The average Bonchev–Trinajstić information content (AvgIpc) is 2.46. The molecule has 0 radical (unpaired) electrons. The fourth-order valence-corrected chi connectivity index (χ4v) is 15.2. The zero-order valence-electron chi connectivity index (χ0n) is 50.3. The highest BCUT2D eigenvalue weighted by atomic mass is 15.3. The Bertz CT molecular complexity index is 3720. The van der Waals surface area contributed by atoms with Crippen molar-refractivity contribution in [2.75, 3.05) is 14.7 Å². The van der Waals surface area contributed by atoms with E-state index in [9.17, 15) is 0 Å². The third-order valence-electron chi connectivity index (χ3n) is 20.0. The first-order valence-corrected chi connectivity index (χ1v) is 29.7. The van der Waals surface area contributed by atoms with E-state index in [1.54, 1.807) is 5.56 Å². The highest BCUT2D eigenvalue weighted by Gasteiger charge is 2.62. The van der Waals surface area contributed by atoms with Crippen molar-refractivity contribution in [3.63, 3.8) is 0 Å². The lowest BCUT2D eigenvalue weighted by atomic mass is 9.32. The van der Waals surface area contributed by atoms with Crippen molar-refractivity contribution in [3.8, 4) is 22.3 Å². The number of anilines is 8. The quantitative estimate of drug-likeness (QED) is 0.159. The third kappa shape index (κ3) is 7.58. The maximum Gasteiger partial charge on any atom is 0.252 e. The van der Waals surface area contributed by atoms with Gasteiger partial charge in [0.15, 0.2) is 0 Å². The van der Waals surface area contributed by atoms with Gasteiger partial charge in [-0.3, -0.25) is 0 Å². The van der Waals surface area contributed by atoms with Crippen LogP contribution in [0.2, 0.25) is 0 Å². The van der Waals surface area contributed by atoms with E-state index in [2.05, 4.69) is 283 Å². The monoisotopic (exact) mass is 1040 g/mol. The van der Waals surface area contributed by atoms with Gasteiger partial charge in [-0.1, -0.05) is 220 Å². The molecule has 79 heavy (non-hydrogen) atoms. The van der Waals surface area contributed by atoms with Gasteiger partial charge in [-0.2, -0.15) is 0 Å². The number of benzene rings is 8. The average molecular weight is 1040 g/mol. The molecule has 2 unspecified atom stereocenters. The first kappa shape index (κ1) is 51.6. The van der Waals surface area contributed by atoms with Crippen molar-refractivity contribution in [2.24, 2.45) is 0 Å². The van der Waals surface area contributed by atoms with E-state index >= 15 is 0 Å². The molecular formula is C75H82BN3. The maximum absolute atomic E-state index is 2.94. The van der Waals surface area contributed by atoms with Crippen LogP contribution in [0.15, 0.2) is 158 Å². The SMILES string of the molecule is CC(C)(C)c1ccc(N(c2ccc(C(C)(C)C)cc2)c2cc3c4c(c2)N2c5c(cc(C(C)(C)C)cc5C5(C)CCCCC25C)B4c2c(ccc4c2C(C)(C)c2ccccc2-4)N3c2ccc(C(C)(C)C)cc2-c2ccccc2)cc1. The molecule has 1 fully saturated rings. The summed E-state index contributed by atoms with van der Waals surface area (Å²) in [5, 5.41) is 0. The zero-order valence-corrected chi connectivity index (χ0v) is 50.3. The van der Waals surface area contributed by atoms with Crippen molar-refractivity contribution < 1.29 is 0 Å². The Balaban J connectivity index is 1.21. The standard InChI is InChI=1S/C75H82BN3/c1-69(2,3)48-28-33-52(34-29-48)77(53-35-30-49(31-36-53)70(4,5)6)54-45-63-66-64(46-54)79-68-59(74(15)40-22-23-41-75(74,79)16)43-51(72(10,11)12)44-60(68)76(66)67-62(39-37-56-55-26-20-21-27-58(55)73(13,14)65(56)67)78(63)61-38-32-50(71(7,8)9)42-57(61)47-24-18-17-19-25-47/h17-21,24-39,42-46H,22-23,40-41H2,1-16H3. The lowest BCUT2D eigenvalue weighted by Gasteiger charge is -2.53. The van der Waals surface area contributed by atoms with E-state index in [1.807, 2.05) is 0 Å². The van der Waals surface area contributed by atoms with Crippen molar-refractivity contribution in [3.05, 3.63) is 197 Å². The fourth-order valence-electron chi connectivity index (χ4n) is 15.2. The van der Waals surface area contributed by atoms with Crippen LogP contribution in [-0.2, 0) is 32.5 Å². The Kier molecular flexibility index (Phi) is 11.2. The van der Waals surface area contributed by atoms with Gasteiger partial charge < -0.3 is 14.7 Å². The van der Waals surface area contributed by atoms with E-state index in [-0.39, 0.29) is 44.7 Å². The maximum atomic E-state index is 2.94. The van der Waals surface area contributed by atoms with Gasteiger partial charge in [-0.05, 0) is 168 Å². The normalized spacial score (nSPS) is 19.6. The molecule has 5 aliphatic rings. The molecule has 3 aliphatic heterocycles. The molecule has 0 saturated heterocycles. The van der Waals surface area contributed by atoms with Crippen molar-refractivity contribution in [1.29, 1.82) is 0 Å². The Morgan fingerprint density at radius 3 is 1.61 bits per heavy atom. The number of hydrogen-bond acceptors (Lipinski definition) is 3. The number of rotatable bonds is 5. The number of hydrogen-bond donors (Lipinski definition) is 0. The predicted octanol–water partition coefficient (Wildman–Crippen LogP) is 18.7. The second-order valence-electron chi connectivity index (χ2n) is 29.4. The number of fused-ring (bicyclic) bond motifs is 11. The summed E-state index contributed by atoms with van der Waals surface area (Å²) in [5.74, 6) is 0. The van der Waals surface area contributed by atoms with E-state index < -0.39 is 0 Å². The molecule has 8 aromatic carbocycles. The van der Waals surface area contributed by atoms with Crippen molar-refractivity contribution in [2.45, 2.75) is 174 Å². The van der Waals surface area contributed by atoms with Crippen LogP contribution in [0, 0.1) is 0 Å². The summed E-state index contributed by atoms with van der Waals surface area (Å²) in [6, 6.07) is 62.4. The molecule has 4 heteroatoms. The second-order valence-corrected chi connectivity index (χ2v) is 29.4. The minimum atomic E-state index is -0.262. The molecule has 2 aliphatic carbocycles. The van der Waals surface area contributed by atoms with Gasteiger partial charge in [-0.25, -0.2) is 0 Å². The summed E-state index contributed by atoms with van der Waals surface area (Å²) in [6.07, 6.45) is 4.75. The molecular weight excluding hydrogens is 954 g/mol. The van der Waals surface area contributed by atoms with Gasteiger partial charge >= 0.3 is 0 Å². The van der Waals surface area contributed by atoms with Crippen LogP contribution >= 0.6 is 0 Å².